The van der Waals surface area contributed by atoms with Crippen molar-refractivity contribution in [1.82, 2.24) is 9.78 Å². The van der Waals surface area contributed by atoms with Gasteiger partial charge in [0, 0.05) is 12.1 Å². The van der Waals surface area contributed by atoms with Crippen molar-refractivity contribution in [2.75, 3.05) is 6.61 Å². The Balaban J connectivity index is 1.83. The predicted octanol–water partition coefficient (Wildman–Crippen LogP) is 2.72. The first-order valence-corrected chi connectivity index (χ1v) is 6.07. The highest BCUT2D eigenvalue weighted by molar-refractivity contribution is 5.33. The molecule has 0 saturated carbocycles. The first-order chi connectivity index (χ1) is 8.88. The lowest BCUT2D eigenvalue weighted by Crippen LogP contribution is -1.96. The van der Waals surface area contributed by atoms with Gasteiger partial charge in [-0.05, 0) is 18.6 Å². The summed E-state index contributed by atoms with van der Waals surface area (Å²) in [5.74, 6) is 6.80. The van der Waals surface area contributed by atoms with Crippen LogP contribution in [-0.4, -0.2) is 16.4 Å². The minimum Gasteiger partial charge on any atom is -0.478 e. The molecule has 3 nitrogen and oxygen atoms in total. The third-order valence-electron chi connectivity index (χ3n) is 2.38. The molecule has 0 N–H and O–H groups in total. The maximum atomic E-state index is 5.50. The van der Waals surface area contributed by atoms with Crippen LogP contribution in [0.25, 0.3) is 0 Å². The van der Waals surface area contributed by atoms with Crippen molar-refractivity contribution in [2.24, 2.45) is 0 Å². The Bertz CT molecular complexity index is 534. The minimum absolute atomic E-state index is 0.382. The van der Waals surface area contributed by atoms with Gasteiger partial charge in [-0.25, -0.2) is 0 Å². The fraction of sp³-hybridized carbons (Fsp3) is 0.267. The largest absolute Gasteiger partial charge is 0.478 e. The van der Waals surface area contributed by atoms with E-state index in [1.54, 1.807) is 6.20 Å². The Hall–Kier alpha value is -2.21. The molecule has 1 aromatic carbocycles. The van der Waals surface area contributed by atoms with E-state index in [1.807, 2.05) is 41.2 Å². The zero-order valence-corrected chi connectivity index (χ0v) is 10.5. The standard InChI is InChI=1S/C15H16N2O/c1-2-10-17-13-15(12-16-17)18-11-6-9-14-7-4-3-5-8-14/h3-5,7-8,12-13H,2,10-11H2,1H3. The lowest BCUT2D eigenvalue weighted by atomic mass is 10.2. The molecule has 0 aliphatic rings. The van der Waals surface area contributed by atoms with Crippen molar-refractivity contribution >= 4 is 0 Å². The van der Waals surface area contributed by atoms with Crippen LogP contribution in [0.1, 0.15) is 18.9 Å². The molecule has 1 heterocycles. The first kappa shape index (κ1) is 12.3. The van der Waals surface area contributed by atoms with Gasteiger partial charge in [-0.3, -0.25) is 4.68 Å². The van der Waals surface area contributed by atoms with Gasteiger partial charge in [0.1, 0.15) is 6.61 Å². The van der Waals surface area contributed by atoms with E-state index in [2.05, 4.69) is 23.9 Å². The van der Waals surface area contributed by atoms with Gasteiger partial charge in [0.15, 0.2) is 5.75 Å². The molecule has 0 amide bonds. The zero-order valence-electron chi connectivity index (χ0n) is 10.5. The fourth-order valence-electron chi connectivity index (χ4n) is 1.55. The van der Waals surface area contributed by atoms with Crippen LogP contribution in [0, 0.1) is 11.8 Å². The van der Waals surface area contributed by atoms with Crippen LogP contribution in [0.4, 0.5) is 0 Å². The summed E-state index contributed by atoms with van der Waals surface area (Å²) in [4.78, 5) is 0. The average molecular weight is 240 g/mol. The van der Waals surface area contributed by atoms with E-state index in [9.17, 15) is 0 Å². The van der Waals surface area contributed by atoms with Gasteiger partial charge in [0.2, 0.25) is 0 Å². The summed E-state index contributed by atoms with van der Waals surface area (Å²) in [5, 5.41) is 4.19. The molecule has 0 aliphatic heterocycles. The summed E-state index contributed by atoms with van der Waals surface area (Å²) in [5.41, 5.74) is 1.00. The van der Waals surface area contributed by atoms with Gasteiger partial charge >= 0.3 is 0 Å². The van der Waals surface area contributed by atoms with Crippen LogP contribution < -0.4 is 4.74 Å². The Morgan fingerprint density at radius 3 is 2.89 bits per heavy atom. The van der Waals surface area contributed by atoms with Crippen LogP contribution in [0.15, 0.2) is 42.7 Å². The third-order valence-corrected chi connectivity index (χ3v) is 2.38. The number of nitrogens with zero attached hydrogens (tertiary/aromatic N) is 2. The van der Waals surface area contributed by atoms with Gasteiger partial charge in [-0.15, -0.1) is 0 Å². The summed E-state index contributed by atoms with van der Waals surface area (Å²) in [6, 6.07) is 9.88. The number of hydrogen-bond acceptors (Lipinski definition) is 2. The van der Waals surface area contributed by atoms with Crippen molar-refractivity contribution < 1.29 is 4.74 Å². The molecule has 0 unspecified atom stereocenters. The third kappa shape index (κ3) is 3.67. The van der Waals surface area contributed by atoms with E-state index in [0.717, 1.165) is 24.3 Å². The van der Waals surface area contributed by atoms with Gasteiger partial charge in [-0.2, -0.15) is 5.10 Å². The van der Waals surface area contributed by atoms with E-state index in [-0.39, 0.29) is 0 Å². The molecule has 1 aromatic heterocycles. The lowest BCUT2D eigenvalue weighted by molar-refractivity contribution is 0.369. The molecule has 0 aliphatic carbocycles. The molecule has 0 radical (unpaired) electrons. The maximum Gasteiger partial charge on any atom is 0.158 e. The Morgan fingerprint density at radius 2 is 2.11 bits per heavy atom. The molecule has 0 saturated heterocycles. The van der Waals surface area contributed by atoms with E-state index in [4.69, 9.17) is 4.74 Å². The van der Waals surface area contributed by atoms with E-state index >= 15 is 0 Å². The second-order valence-corrected chi connectivity index (χ2v) is 3.90. The van der Waals surface area contributed by atoms with Gasteiger partial charge in [0.25, 0.3) is 0 Å². The van der Waals surface area contributed by atoms with Crippen molar-refractivity contribution in [2.45, 2.75) is 19.9 Å². The molecule has 92 valence electrons. The molecular weight excluding hydrogens is 224 g/mol. The average Bonchev–Trinajstić information content (AvgIpc) is 2.84. The number of benzene rings is 1. The molecule has 0 spiro atoms. The Morgan fingerprint density at radius 1 is 1.28 bits per heavy atom. The van der Waals surface area contributed by atoms with Crippen molar-refractivity contribution in [3.05, 3.63) is 48.3 Å². The normalized spacial score (nSPS) is 9.61. The highest BCUT2D eigenvalue weighted by Gasteiger charge is 1.96. The summed E-state index contributed by atoms with van der Waals surface area (Å²) in [6.07, 6.45) is 4.68. The highest BCUT2D eigenvalue weighted by Crippen LogP contribution is 2.07. The first-order valence-electron chi connectivity index (χ1n) is 6.07. The number of aromatic nitrogens is 2. The minimum atomic E-state index is 0.382. The van der Waals surface area contributed by atoms with Crippen LogP contribution in [0.5, 0.6) is 5.75 Å². The predicted molar refractivity (Wildman–Crippen MR) is 71.3 cm³/mol. The monoisotopic (exact) mass is 240 g/mol. The van der Waals surface area contributed by atoms with Crippen LogP contribution in [0.2, 0.25) is 0 Å². The molecule has 0 bridgehead atoms. The van der Waals surface area contributed by atoms with Crippen molar-refractivity contribution in [3.8, 4) is 17.6 Å². The topological polar surface area (TPSA) is 27.1 Å². The lowest BCUT2D eigenvalue weighted by Gasteiger charge is -1.96. The molecule has 0 fully saturated rings. The fourth-order valence-corrected chi connectivity index (χ4v) is 1.55. The SMILES string of the molecule is CCCn1cc(OCC#Cc2ccccc2)cn1. The van der Waals surface area contributed by atoms with Gasteiger partial charge in [-0.1, -0.05) is 37.0 Å². The summed E-state index contributed by atoms with van der Waals surface area (Å²) in [6.45, 7) is 3.42. The number of aryl methyl sites for hydroxylation is 1. The zero-order chi connectivity index (χ0) is 12.6. The van der Waals surface area contributed by atoms with Crippen LogP contribution >= 0.6 is 0 Å². The molecule has 18 heavy (non-hydrogen) atoms. The Kier molecular flexibility index (Phi) is 4.43. The van der Waals surface area contributed by atoms with Gasteiger partial charge < -0.3 is 4.74 Å². The van der Waals surface area contributed by atoms with Crippen molar-refractivity contribution in [1.29, 1.82) is 0 Å². The molecule has 2 aromatic rings. The van der Waals surface area contributed by atoms with Crippen LogP contribution in [0.3, 0.4) is 0 Å². The summed E-state index contributed by atoms with van der Waals surface area (Å²) in [7, 11) is 0. The summed E-state index contributed by atoms with van der Waals surface area (Å²) < 4.78 is 7.37. The second kappa shape index (κ2) is 6.51. The van der Waals surface area contributed by atoms with Gasteiger partial charge in [0.05, 0.1) is 12.4 Å². The molecule has 2 rings (SSSR count). The number of rotatable bonds is 4. The summed E-state index contributed by atoms with van der Waals surface area (Å²) >= 11 is 0. The van der Waals surface area contributed by atoms with E-state index < -0.39 is 0 Å². The Labute approximate surface area is 107 Å². The van der Waals surface area contributed by atoms with Crippen molar-refractivity contribution in [3.63, 3.8) is 0 Å². The van der Waals surface area contributed by atoms with E-state index in [1.165, 1.54) is 0 Å². The molecular formula is C15H16N2O. The number of ether oxygens (including phenoxy) is 1. The molecule has 3 heteroatoms. The quantitative estimate of drug-likeness (QED) is 0.768. The molecule has 0 atom stereocenters. The highest BCUT2D eigenvalue weighted by atomic mass is 16.5. The van der Waals surface area contributed by atoms with E-state index in [0.29, 0.717) is 6.61 Å². The maximum absolute atomic E-state index is 5.50. The van der Waals surface area contributed by atoms with Crippen LogP contribution in [-0.2, 0) is 6.54 Å². The number of hydrogen-bond donors (Lipinski definition) is 0. The second-order valence-electron chi connectivity index (χ2n) is 3.90. The smallest absolute Gasteiger partial charge is 0.158 e.